The van der Waals surface area contributed by atoms with Crippen molar-refractivity contribution in [2.45, 2.75) is 13.0 Å². The first kappa shape index (κ1) is 17.3. The Bertz CT molecular complexity index is 715. The number of hydrogen-bond donors (Lipinski definition) is 0. The van der Waals surface area contributed by atoms with Gasteiger partial charge in [0, 0.05) is 45.0 Å². The molecule has 0 N–H and O–H groups in total. The second kappa shape index (κ2) is 8.53. The number of nitrogens with zero attached hydrogens (tertiary/aromatic N) is 3. The van der Waals surface area contributed by atoms with E-state index in [-0.39, 0.29) is 11.7 Å². The summed E-state index contributed by atoms with van der Waals surface area (Å²) in [6, 6.07) is 12.2. The summed E-state index contributed by atoms with van der Waals surface area (Å²) in [6.45, 7) is 4.00. The van der Waals surface area contributed by atoms with Gasteiger partial charge >= 0.3 is 0 Å². The predicted octanol–water partition coefficient (Wildman–Crippen LogP) is 2.97. The normalized spacial score (nSPS) is 16.1. The molecule has 1 amide bonds. The van der Waals surface area contributed by atoms with Crippen LogP contribution in [0.25, 0.3) is 6.08 Å². The van der Waals surface area contributed by atoms with Crippen LogP contribution in [-0.2, 0) is 11.3 Å². The highest BCUT2D eigenvalue weighted by molar-refractivity contribution is 5.91. The average molecular weight is 339 g/mol. The third kappa shape index (κ3) is 5.22. The minimum Gasteiger partial charge on any atom is -0.338 e. The molecule has 2 heterocycles. The summed E-state index contributed by atoms with van der Waals surface area (Å²) >= 11 is 0. The minimum atomic E-state index is -0.212. The molecule has 5 heteroatoms. The molecule has 0 spiro atoms. The predicted molar refractivity (Wildman–Crippen MR) is 96.1 cm³/mol. The monoisotopic (exact) mass is 339 g/mol. The Kier molecular flexibility index (Phi) is 5.90. The number of carbonyl (C=O) groups is 1. The van der Waals surface area contributed by atoms with Gasteiger partial charge in [-0.3, -0.25) is 14.7 Å². The maximum Gasteiger partial charge on any atom is 0.246 e. The maximum absolute atomic E-state index is 13.0. The maximum atomic E-state index is 13.0. The molecule has 1 aliphatic heterocycles. The number of pyridine rings is 1. The van der Waals surface area contributed by atoms with E-state index in [1.54, 1.807) is 18.3 Å². The van der Waals surface area contributed by atoms with Gasteiger partial charge in [0.1, 0.15) is 5.82 Å². The van der Waals surface area contributed by atoms with E-state index in [9.17, 15) is 9.18 Å². The molecule has 0 bridgehead atoms. The van der Waals surface area contributed by atoms with Crippen molar-refractivity contribution in [3.8, 4) is 0 Å². The first-order chi connectivity index (χ1) is 12.2. The van der Waals surface area contributed by atoms with Gasteiger partial charge in [0.05, 0.1) is 5.69 Å². The van der Waals surface area contributed by atoms with Crippen LogP contribution in [0.15, 0.2) is 54.7 Å². The molecule has 1 aliphatic rings. The van der Waals surface area contributed by atoms with Crippen molar-refractivity contribution in [2.24, 2.45) is 0 Å². The summed E-state index contributed by atoms with van der Waals surface area (Å²) in [4.78, 5) is 20.8. The van der Waals surface area contributed by atoms with E-state index in [0.29, 0.717) is 6.54 Å². The minimum absolute atomic E-state index is 0.0225. The van der Waals surface area contributed by atoms with Crippen LogP contribution in [-0.4, -0.2) is 46.9 Å². The van der Waals surface area contributed by atoms with Crippen molar-refractivity contribution in [3.05, 3.63) is 71.8 Å². The molecule has 3 rings (SSSR count). The topological polar surface area (TPSA) is 36.4 Å². The molecular weight excluding hydrogens is 317 g/mol. The molecule has 25 heavy (non-hydrogen) atoms. The van der Waals surface area contributed by atoms with Gasteiger partial charge in [0.25, 0.3) is 0 Å². The van der Waals surface area contributed by atoms with Gasteiger partial charge in [0.2, 0.25) is 5.91 Å². The third-order valence-electron chi connectivity index (χ3n) is 4.30. The average Bonchev–Trinajstić information content (AvgIpc) is 2.88. The van der Waals surface area contributed by atoms with E-state index >= 15 is 0 Å². The first-order valence-corrected chi connectivity index (χ1v) is 8.55. The van der Waals surface area contributed by atoms with Crippen LogP contribution in [0.1, 0.15) is 17.7 Å². The highest BCUT2D eigenvalue weighted by Gasteiger charge is 2.17. The summed E-state index contributed by atoms with van der Waals surface area (Å²) in [5.74, 6) is -0.189. The second-order valence-corrected chi connectivity index (χ2v) is 6.17. The van der Waals surface area contributed by atoms with E-state index in [1.165, 1.54) is 12.1 Å². The molecular formula is C20H22FN3O. The molecule has 0 radical (unpaired) electrons. The number of benzene rings is 1. The lowest BCUT2D eigenvalue weighted by Crippen LogP contribution is -2.34. The Hall–Kier alpha value is -2.53. The summed E-state index contributed by atoms with van der Waals surface area (Å²) in [6.07, 6.45) is 6.00. The molecule has 0 aliphatic carbocycles. The van der Waals surface area contributed by atoms with Crippen LogP contribution in [0, 0.1) is 5.82 Å². The fourth-order valence-electron chi connectivity index (χ4n) is 2.93. The summed E-state index contributed by atoms with van der Waals surface area (Å²) in [5.41, 5.74) is 1.87. The molecule has 2 aromatic rings. The zero-order valence-electron chi connectivity index (χ0n) is 14.1. The van der Waals surface area contributed by atoms with Gasteiger partial charge in [-0.25, -0.2) is 4.39 Å². The van der Waals surface area contributed by atoms with Gasteiger partial charge < -0.3 is 4.90 Å². The van der Waals surface area contributed by atoms with Crippen LogP contribution in [0.3, 0.4) is 0 Å². The number of carbonyl (C=O) groups excluding carboxylic acids is 1. The van der Waals surface area contributed by atoms with Crippen LogP contribution in [0.5, 0.6) is 0 Å². The number of aromatic nitrogens is 1. The van der Waals surface area contributed by atoms with Crippen molar-refractivity contribution >= 4 is 12.0 Å². The van der Waals surface area contributed by atoms with E-state index in [0.717, 1.165) is 43.9 Å². The molecule has 130 valence electrons. The van der Waals surface area contributed by atoms with E-state index in [2.05, 4.69) is 9.88 Å². The Morgan fingerprint density at radius 2 is 1.92 bits per heavy atom. The molecule has 1 saturated heterocycles. The van der Waals surface area contributed by atoms with Crippen LogP contribution >= 0.6 is 0 Å². The van der Waals surface area contributed by atoms with E-state index in [1.807, 2.05) is 35.2 Å². The highest BCUT2D eigenvalue weighted by Crippen LogP contribution is 2.11. The van der Waals surface area contributed by atoms with Gasteiger partial charge in [0.15, 0.2) is 0 Å². The Balaban J connectivity index is 1.53. The molecule has 1 aromatic carbocycles. The quantitative estimate of drug-likeness (QED) is 0.804. The van der Waals surface area contributed by atoms with Gasteiger partial charge in [-0.1, -0.05) is 18.2 Å². The summed E-state index contributed by atoms with van der Waals surface area (Å²) in [7, 11) is 0. The number of rotatable bonds is 4. The molecule has 0 saturated carbocycles. The standard InChI is InChI=1S/C20H22FN3O/c21-18-7-5-17(6-8-18)16-23-12-3-13-24(15-14-23)20(25)10-9-19-4-1-2-11-22-19/h1-2,4-11H,3,12-16H2/b10-9+. The number of amides is 1. The summed E-state index contributed by atoms with van der Waals surface area (Å²) < 4.78 is 13.0. The zero-order chi connectivity index (χ0) is 17.5. The first-order valence-electron chi connectivity index (χ1n) is 8.55. The lowest BCUT2D eigenvalue weighted by molar-refractivity contribution is -0.125. The summed E-state index contributed by atoms with van der Waals surface area (Å²) in [5, 5.41) is 0. The Morgan fingerprint density at radius 1 is 1.08 bits per heavy atom. The Morgan fingerprint density at radius 3 is 2.68 bits per heavy atom. The SMILES string of the molecule is O=C(/C=C/c1ccccn1)N1CCCN(Cc2ccc(F)cc2)CC1. The van der Waals surface area contributed by atoms with Crippen molar-refractivity contribution in [3.63, 3.8) is 0 Å². The fourth-order valence-corrected chi connectivity index (χ4v) is 2.93. The van der Waals surface area contributed by atoms with Crippen LogP contribution in [0.4, 0.5) is 4.39 Å². The molecule has 1 fully saturated rings. The molecule has 0 unspecified atom stereocenters. The lowest BCUT2D eigenvalue weighted by Gasteiger charge is -2.21. The van der Waals surface area contributed by atoms with Gasteiger partial charge in [-0.2, -0.15) is 0 Å². The van der Waals surface area contributed by atoms with Crippen LogP contribution < -0.4 is 0 Å². The van der Waals surface area contributed by atoms with Crippen LogP contribution in [0.2, 0.25) is 0 Å². The molecule has 0 atom stereocenters. The van der Waals surface area contributed by atoms with Crippen molar-refractivity contribution in [1.29, 1.82) is 0 Å². The van der Waals surface area contributed by atoms with Crippen molar-refractivity contribution in [1.82, 2.24) is 14.8 Å². The van der Waals surface area contributed by atoms with Gasteiger partial charge in [-0.15, -0.1) is 0 Å². The fraction of sp³-hybridized carbons (Fsp3) is 0.300. The Labute approximate surface area is 147 Å². The van der Waals surface area contributed by atoms with Gasteiger partial charge in [-0.05, 0) is 42.3 Å². The van der Waals surface area contributed by atoms with E-state index in [4.69, 9.17) is 0 Å². The molecule has 4 nitrogen and oxygen atoms in total. The largest absolute Gasteiger partial charge is 0.338 e. The smallest absolute Gasteiger partial charge is 0.246 e. The number of hydrogen-bond acceptors (Lipinski definition) is 3. The van der Waals surface area contributed by atoms with E-state index < -0.39 is 0 Å². The molecule has 1 aromatic heterocycles. The highest BCUT2D eigenvalue weighted by atomic mass is 19.1. The third-order valence-corrected chi connectivity index (χ3v) is 4.30. The van der Waals surface area contributed by atoms with Crippen molar-refractivity contribution < 1.29 is 9.18 Å². The number of halogens is 1. The van der Waals surface area contributed by atoms with Crippen molar-refractivity contribution in [2.75, 3.05) is 26.2 Å². The second-order valence-electron chi connectivity index (χ2n) is 6.17. The lowest BCUT2D eigenvalue weighted by atomic mass is 10.2. The zero-order valence-corrected chi connectivity index (χ0v) is 14.1.